The highest BCUT2D eigenvalue weighted by molar-refractivity contribution is 5.76. The summed E-state index contributed by atoms with van der Waals surface area (Å²) in [6.07, 6.45) is 11.4. The summed E-state index contributed by atoms with van der Waals surface area (Å²) in [6, 6.07) is 0. The molecule has 0 aromatic rings. The average Bonchev–Trinajstić information content (AvgIpc) is 2.50. The number of carbonyl (C=O) groups excluding carboxylic acids is 1. The monoisotopic (exact) mass is 310 g/mol. The first kappa shape index (κ1) is 17.7. The van der Waals surface area contributed by atoms with Crippen molar-refractivity contribution in [2.45, 2.75) is 71.1 Å². The Morgan fingerprint density at radius 1 is 1.09 bits per heavy atom. The van der Waals surface area contributed by atoms with Gasteiger partial charge < -0.3 is 15.8 Å². The van der Waals surface area contributed by atoms with Gasteiger partial charge in [0.05, 0.1) is 0 Å². The van der Waals surface area contributed by atoms with E-state index in [4.69, 9.17) is 10.5 Å². The quantitative estimate of drug-likeness (QED) is 0.643. The third-order valence-electron chi connectivity index (χ3n) is 5.94. The number of hydrogen-bond donors (Lipinski definition) is 2. The van der Waals surface area contributed by atoms with Crippen LogP contribution >= 0.6 is 0 Å². The van der Waals surface area contributed by atoms with Gasteiger partial charge in [0.1, 0.15) is 0 Å². The van der Waals surface area contributed by atoms with Gasteiger partial charge in [-0.25, -0.2) is 0 Å². The molecule has 2 rings (SSSR count). The first-order valence-corrected chi connectivity index (χ1v) is 9.18. The second-order valence-corrected chi connectivity index (χ2v) is 7.52. The fourth-order valence-electron chi connectivity index (χ4n) is 4.07. The molecule has 2 aliphatic rings. The van der Waals surface area contributed by atoms with Crippen LogP contribution in [0.15, 0.2) is 0 Å². The largest absolute Gasteiger partial charge is 0.382 e. The summed E-state index contributed by atoms with van der Waals surface area (Å²) >= 11 is 0. The van der Waals surface area contributed by atoms with Gasteiger partial charge in [-0.1, -0.05) is 25.7 Å². The lowest BCUT2D eigenvalue weighted by molar-refractivity contribution is -0.125. The van der Waals surface area contributed by atoms with Crippen LogP contribution in [0.3, 0.4) is 0 Å². The summed E-state index contributed by atoms with van der Waals surface area (Å²) in [7, 11) is 0. The molecule has 4 heteroatoms. The third kappa shape index (κ3) is 4.69. The Morgan fingerprint density at radius 3 is 2.32 bits per heavy atom. The van der Waals surface area contributed by atoms with Crippen molar-refractivity contribution in [1.82, 2.24) is 5.32 Å². The maximum absolute atomic E-state index is 12.4. The van der Waals surface area contributed by atoms with Crippen LogP contribution in [0.25, 0.3) is 0 Å². The van der Waals surface area contributed by atoms with Crippen LogP contribution in [0.4, 0.5) is 0 Å². The van der Waals surface area contributed by atoms with Crippen LogP contribution < -0.4 is 11.1 Å². The molecular weight excluding hydrogens is 276 g/mol. The second kappa shape index (κ2) is 8.30. The van der Waals surface area contributed by atoms with Gasteiger partial charge in [0.2, 0.25) is 5.91 Å². The van der Waals surface area contributed by atoms with Gasteiger partial charge in [0, 0.05) is 26.2 Å². The van der Waals surface area contributed by atoms with Crippen molar-refractivity contribution in [3.8, 4) is 0 Å². The molecule has 0 aromatic carbocycles. The molecule has 0 atom stereocenters. The second-order valence-electron chi connectivity index (χ2n) is 7.52. The topological polar surface area (TPSA) is 64.3 Å². The maximum atomic E-state index is 12.4. The molecule has 0 saturated heterocycles. The van der Waals surface area contributed by atoms with E-state index >= 15 is 0 Å². The van der Waals surface area contributed by atoms with E-state index in [-0.39, 0.29) is 11.3 Å². The van der Waals surface area contributed by atoms with Crippen molar-refractivity contribution in [2.24, 2.45) is 16.6 Å². The molecule has 0 bridgehead atoms. The zero-order valence-corrected chi connectivity index (χ0v) is 14.3. The van der Waals surface area contributed by atoms with E-state index in [0.717, 1.165) is 39.0 Å². The molecule has 0 heterocycles. The van der Waals surface area contributed by atoms with Gasteiger partial charge in [-0.05, 0) is 56.4 Å². The molecule has 0 spiro atoms. The van der Waals surface area contributed by atoms with E-state index in [1.165, 1.54) is 38.5 Å². The van der Waals surface area contributed by atoms with E-state index in [1.807, 2.05) is 6.92 Å². The molecule has 0 aromatic heterocycles. The Hall–Kier alpha value is -0.610. The summed E-state index contributed by atoms with van der Waals surface area (Å²) in [5, 5.41) is 3.21. The van der Waals surface area contributed by atoms with Crippen LogP contribution in [-0.4, -0.2) is 32.2 Å². The molecule has 2 saturated carbocycles. The predicted molar refractivity (Wildman–Crippen MR) is 89.6 cm³/mol. The SMILES string of the molecule is CCOCCC1(CNC(=O)CC2(CN)CCCCC2)CCC1. The molecule has 2 fully saturated rings. The molecule has 3 N–H and O–H groups in total. The number of amides is 1. The minimum atomic E-state index is 0.0699. The Balaban J connectivity index is 1.76. The molecular formula is C18H34N2O2. The smallest absolute Gasteiger partial charge is 0.220 e. The van der Waals surface area contributed by atoms with Crippen LogP contribution in [0.2, 0.25) is 0 Å². The number of nitrogens with two attached hydrogens (primary N) is 1. The van der Waals surface area contributed by atoms with E-state index < -0.39 is 0 Å². The fraction of sp³-hybridized carbons (Fsp3) is 0.944. The fourth-order valence-corrected chi connectivity index (χ4v) is 4.07. The number of ether oxygens (including phenoxy) is 1. The Morgan fingerprint density at radius 2 is 1.77 bits per heavy atom. The zero-order valence-electron chi connectivity index (χ0n) is 14.3. The van der Waals surface area contributed by atoms with Crippen molar-refractivity contribution < 1.29 is 9.53 Å². The van der Waals surface area contributed by atoms with E-state index in [9.17, 15) is 4.79 Å². The molecule has 128 valence electrons. The molecule has 22 heavy (non-hydrogen) atoms. The lowest BCUT2D eigenvalue weighted by Crippen LogP contribution is -2.45. The van der Waals surface area contributed by atoms with Crippen molar-refractivity contribution in [3.63, 3.8) is 0 Å². The molecule has 4 nitrogen and oxygen atoms in total. The Kier molecular flexibility index (Phi) is 6.69. The molecule has 0 radical (unpaired) electrons. The molecule has 1 amide bonds. The molecule has 2 aliphatic carbocycles. The summed E-state index contributed by atoms with van der Waals surface area (Å²) in [5.74, 6) is 0.204. The first-order chi connectivity index (χ1) is 10.6. The van der Waals surface area contributed by atoms with Crippen molar-refractivity contribution in [1.29, 1.82) is 0 Å². The van der Waals surface area contributed by atoms with Crippen LogP contribution in [0, 0.1) is 10.8 Å². The van der Waals surface area contributed by atoms with E-state index in [1.54, 1.807) is 0 Å². The summed E-state index contributed by atoms with van der Waals surface area (Å²) in [4.78, 5) is 12.4. The lowest BCUT2D eigenvalue weighted by atomic mass is 9.66. The van der Waals surface area contributed by atoms with Gasteiger partial charge in [-0.2, -0.15) is 0 Å². The standard InChI is InChI=1S/C18H34N2O2/c1-2-22-12-11-17(9-6-10-17)15-20-16(21)13-18(14-19)7-4-3-5-8-18/h2-15,19H2,1H3,(H,20,21). The number of hydrogen-bond acceptors (Lipinski definition) is 3. The van der Waals surface area contributed by atoms with Gasteiger partial charge in [0.15, 0.2) is 0 Å². The summed E-state index contributed by atoms with van der Waals surface area (Å²) in [6.45, 7) is 5.10. The molecule has 0 aliphatic heterocycles. The Bertz CT molecular complexity index is 347. The Labute approximate surface area is 135 Å². The third-order valence-corrected chi connectivity index (χ3v) is 5.94. The number of carbonyl (C=O) groups is 1. The highest BCUT2D eigenvalue weighted by atomic mass is 16.5. The van der Waals surface area contributed by atoms with Gasteiger partial charge in [-0.15, -0.1) is 0 Å². The summed E-state index contributed by atoms with van der Waals surface area (Å²) < 4.78 is 5.50. The predicted octanol–water partition coefficient (Wildman–Crippen LogP) is 3.00. The van der Waals surface area contributed by atoms with Crippen molar-refractivity contribution >= 4 is 5.91 Å². The van der Waals surface area contributed by atoms with Crippen LogP contribution in [-0.2, 0) is 9.53 Å². The highest BCUT2D eigenvalue weighted by Crippen LogP contribution is 2.43. The minimum Gasteiger partial charge on any atom is -0.382 e. The lowest BCUT2D eigenvalue weighted by Gasteiger charge is -2.42. The van der Waals surface area contributed by atoms with Crippen LogP contribution in [0.1, 0.15) is 71.1 Å². The van der Waals surface area contributed by atoms with Crippen LogP contribution in [0.5, 0.6) is 0 Å². The number of nitrogens with one attached hydrogen (secondary N) is 1. The summed E-state index contributed by atoms with van der Waals surface area (Å²) in [5.41, 5.74) is 6.36. The average molecular weight is 310 g/mol. The van der Waals surface area contributed by atoms with Gasteiger partial charge >= 0.3 is 0 Å². The number of rotatable bonds is 9. The van der Waals surface area contributed by atoms with Crippen molar-refractivity contribution in [3.05, 3.63) is 0 Å². The first-order valence-electron chi connectivity index (χ1n) is 9.18. The van der Waals surface area contributed by atoms with E-state index in [0.29, 0.717) is 18.4 Å². The normalized spacial score (nSPS) is 22.8. The zero-order chi connectivity index (χ0) is 15.9. The molecule has 0 unspecified atom stereocenters. The maximum Gasteiger partial charge on any atom is 0.220 e. The van der Waals surface area contributed by atoms with Gasteiger partial charge in [-0.3, -0.25) is 4.79 Å². The van der Waals surface area contributed by atoms with E-state index in [2.05, 4.69) is 5.32 Å². The van der Waals surface area contributed by atoms with Gasteiger partial charge in [0.25, 0.3) is 0 Å². The highest BCUT2D eigenvalue weighted by Gasteiger charge is 2.38. The minimum absolute atomic E-state index is 0.0699. The van der Waals surface area contributed by atoms with Crippen molar-refractivity contribution in [2.75, 3.05) is 26.3 Å².